The predicted molar refractivity (Wildman–Crippen MR) is 71.2 cm³/mol. The summed E-state index contributed by atoms with van der Waals surface area (Å²) in [5, 5.41) is 11.1. The van der Waals surface area contributed by atoms with Crippen molar-refractivity contribution >= 4 is 16.6 Å². The number of carbonyl (C=O) groups is 1. The number of Topliss-reactive ketones (excluding diaryl/α,β-unsaturated/α-hetero) is 1. The van der Waals surface area contributed by atoms with E-state index in [0.29, 0.717) is 5.56 Å². The molecule has 0 saturated heterocycles. The van der Waals surface area contributed by atoms with Gasteiger partial charge in [0.05, 0.1) is 6.61 Å². The summed E-state index contributed by atoms with van der Waals surface area (Å²) in [6, 6.07) is 11.3. The van der Waals surface area contributed by atoms with E-state index >= 15 is 0 Å². The van der Waals surface area contributed by atoms with Gasteiger partial charge in [-0.25, -0.2) is 0 Å². The summed E-state index contributed by atoms with van der Waals surface area (Å²) >= 11 is 0. The molecule has 0 bridgehead atoms. The molecule has 1 N–H and O–H groups in total. The minimum atomic E-state index is 0.0246. The lowest BCUT2D eigenvalue weighted by atomic mass is 10.0. The zero-order valence-corrected chi connectivity index (χ0v) is 10.5. The monoisotopic (exact) mass is 230 g/mol. The Morgan fingerprint density at radius 2 is 1.88 bits per heavy atom. The summed E-state index contributed by atoms with van der Waals surface area (Å²) in [7, 11) is 0. The van der Waals surface area contributed by atoms with Crippen LogP contribution in [0.5, 0.6) is 0 Å². The van der Waals surface area contributed by atoms with Crippen molar-refractivity contribution in [3.63, 3.8) is 0 Å². The first kappa shape index (κ1) is 13.4. The summed E-state index contributed by atoms with van der Waals surface area (Å²) in [5.74, 6) is 0.0614. The number of rotatable bonds is 2. The fraction of sp³-hybridized carbons (Fsp3) is 0.267. The van der Waals surface area contributed by atoms with Crippen molar-refractivity contribution in [2.45, 2.75) is 27.4 Å². The fourth-order valence-electron chi connectivity index (χ4n) is 1.71. The van der Waals surface area contributed by atoms with E-state index in [2.05, 4.69) is 0 Å². The Balaban J connectivity index is 0.000000686. The zero-order valence-electron chi connectivity index (χ0n) is 10.5. The lowest BCUT2D eigenvalue weighted by Crippen LogP contribution is -1.92. The van der Waals surface area contributed by atoms with E-state index in [1.807, 2.05) is 44.2 Å². The Bertz CT molecular complexity index is 515. The highest BCUT2D eigenvalue weighted by Crippen LogP contribution is 2.20. The smallest absolute Gasteiger partial charge is 0.159 e. The van der Waals surface area contributed by atoms with Gasteiger partial charge in [-0.15, -0.1) is 0 Å². The molecule has 2 aromatic rings. The third-order valence-electron chi connectivity index (χ3n) is 2.55. The van der Waals surface area contributed by atoms with E-state index in [4.69, 9.17) is 5.11 Å². The van der Waals surface area contributed by atoms with E-state index in [-0.39, 0.29) is 12.4 Å². The van der Waals surface area contributed by atoms with Crippen molar-refractivity contribution in [2.75, 3.05) is 0 Å². The third kappa shape index (κ3) is 2.92. The molecule has 0 fully saturated rings. The second-order valence-corrected chi connectivity index (χ2v) is 3.57. The number of fused-ring (bicyclic) bond motifs is 1. The molecule has 0 radical (unpaired) electrons. The van der Waals surface area contributed by atoms with Crippen LogP contribution >= 0.6 is 0 Å². The van der Waals surface area contributed by atoms with Crippen LogP contribution in [0, 0.1) is 0 Å². The second kappa shape index (κ2) is 6.16. The highest BCUT2D eigenvalue weighted by molar-refractivity contribution is 5.99. The second-order valence-electron chi connectivity index (χ2n) is 3.57. The van der Waals surface area contributed by atoms with Gasteiger partial charge in [-0.2, -0.15) is 0 Å². The highest BCUT2D eigenvalue weighted by Gasteiger charge is 2.03. The van der Waals surface area contributed by atoms with E-state index in [0.717, 1.165) is 16.3 Å². The first-order valence-corrected chi connectivity index (χ1v) is 5.86. The van der Waals surface area contributed by atoms with Gasteiger partial charge in [-0.1, -0.05) is 44.2 Å². The number of ketones is 1. The Labute approximate surface area is 102 Å². The fourth-order valence-corrected chi connectivity index (χ4v) is 1.71. The van der Waals surface area contributed by atoms with Crippen molar-refractivity contribution in [3.05, 3.63) is 47.5 Å². The van der Waals surface area contributed by atoms with Gasteiger partial charge in [0.15, 0.2) is 5.78 Å². The van der Waals surface area contributed by atoms with Gasteiger partial charge < -0.3 is 5.11 Å². The maximum Gasteiger partial charge on any atom is 0.159 e. The van der Waals surface area contributed by atoms with Crippen LogP contribution in [0.4, 0.5) is 0 Å². The van der Waals surface area contributed by atoms with Crippen LogP contribution in [-0.4, -0.2) is 10.9 Å². The third-order valence-corrected chi connectivity index (χ3v) is 2.55. The highest BCUT2D eigenvalue weighted by atomic mass is 16.3. The molecule has 0 aliphatic rings. The molecule has 2 aromatic carbocycles. The van der Waals surface area contributed by atoms with E-state index < -0.39 is 0 Å². The number of hydrogen-bond acceptors (Lipinski definition) is 2. The molecule has 17 heavy (non-hydrogen) atoms. The average molecular weight is 230 g/mol. The molecule has 2 rings (SSSR count). The lowest BCUT2D eigenvalue weighted by molar-refractivity contribution is 0.101. The summed E-state index contributed by atoms with van der Waals surface area (Å²) in [6.45, 7) is 5.58. The molecule has 0 amide bonds. The number of aliphatic hydroxyl groups is 1. The Morgan fingerprint density at radius 3 is 2.47 bits per heavy atom. The predicted octanol–water partition coefficient (Wildman–Crippen LogP) is 3.56. The number of carbonyl (C=O) groups excluding carboxylic acids is 1. The van der Waals surface area contributed by atoms with Crippen molar-refractivity contribution in [2.24, 2.45) is 0 Å². The molecule has 0 aliphatic carbocycles. The quantitative estimate of drug-likeness (QED) is 0.801. The molecule has 0 aliphatic heterocycles. The lowest BCUT2D eigenvalue weighted by Gasteiger charge is -2.04. The van der Waals surface area contributed by atoms with Crippen LogP contribution in [0.1, 0.15) is 36.7 Å². The van der Waals surface area contributed by atoms with Crippen LogP contribution in [0.3, 0.4) is 0 Å². The van der Waals surface area contributed by atoms with Crippen molar-refractivity contribution in [3.8, 4) is 0 Å². The topological polar surface area (TPSA) is 37.3 Å². The zero-order chi connectivity index (χ0) is 12.8. The molecule has 0 saturated carbocycles. The van der Waals surface area contributed by atoms with Crippen LogP contribution in [0.15, 0.2) is 36.4 Å². The molecule has 0 aromatic heterocycles. The minimum Gasteiger partial charge on any atom is -0.392 e. The van der Waals surface area contributed by atoms with Crippen molar-refractivity contribution in [1.29, 1.82) is 0 Å². The summed E-state index contributed by atoms with van der Waals surface area (Å²) in [5.41, 5.74) is 1.60. The molecule has 90 valence electrons. The molecule has 0 atom stereocenters. The van der Waals surface area contributed by atoms with Crippen molar-refractivity contribution in [1.82, 2.24) is 0 Å². The van der Waals surface area contributed by atoms with Gasteiger partial charge >= 0.3 is 0 Å². The minimum absolute atomic E-state index is 0.0246. The first-order valence-electron chi connectivity index (χ1n) is 5.86. The summed E-state index contributed by atoms with van der Waals surface area (Å²) < 4.78 is 0. The van der Waals surface area contributed by atoms with Crippen molar-refractivity contribution < 1.29 is 9.90 Å². The SMILES string of the molecule is CC.CC(=O)c1ccc2c(CO)cccc2c1. The molecular weight excluding hydrogens is 212 g/mol. The normalized spacial score (nSPS) is 9.65. The van der Waals surface area contributed by atoms with Crippen LogP contribution in [-0.2, 0) is 6.61 Å². The number of hydrogen-bond donors (Lipinski definition) is 1. The Kier molecular flexibility index (Phi) is 4.85. The molecule has 0 heterocycles. The van der Waals surface area contributed by atoms with Gasteiger partial charge in [0.25, 0.3) is 0 Å². The van der Waals surface area contributed by atoms with Gasteiger partial charge in [-0.05, 0) is 29.3 Å². The average Bonchev–Trinajstić information content (AvgIpc) is 2.39. The number of aliphatic hydroxyl groups excluding tert-OH is 1. The molecule has 2 heteroatoms. The maximum atomic E-state index is 11.2. The molecular formula is C15H18O2. The van der Waals surface area contributed by atoms with E-state index in [1.54, 1.807) is 13.0 Å². The van der Waals surface area contributed by atoms with E-state index in [9.17, 15) is 4.79 Å². The molecule has 0 unspecified atom stereocenters. The largest absolute Gasteiger partial charge is 0.392 e. The van der Waals surface area contributed by atoms with Gasteiger partial charge in [0, 0.05) is 5.56 Å². The Morgan fingerprint density at radius 1 is 1.18 bits per heavy atom. The van der Waals surface area contributed by atoms with Gasteiger partial charge in [-0.3, -0.25) is 4.79 Å². The van der Waals surface area contributed by atoms with Crippen LogP contribution in [0.2, 0.25) is 0 Å². The summed E-state index contributed by atoms with van der Waals surface area (Å²) in [6.07, 6.45) is 0. The maximum absolute atomic E-state index is 11.2. The summed E-state index contributed by atoms with van der Waals surface area (Å²) in [4.78, 5) is 11.2. The molecule has 2 nitrogen and oxygen atoms in total. The van der Waals surface area contributed by atoms with Crippen LogP contribution in [0.25, 0.3) is 10.8 Å². The Hall–Kier alpha value is -1.67. The molecule has 0 spiro atoms. The van der Waals surface area contributed by atoms with Gasteiger partial charge in [0.1, 0.15) is 0 Å². The standard InChI is InChI=1S/C13H12O2.C2H6/c1-9(15)10-5-6-13-11(7-10)3-2-4-12(13)8-14;1-2/h2-7,14H,8H2,1H3;1-2H3. The number of benzene rings is 2. The first-order chi connectivity index (χ1) is 8.22. The van der Waals surface area contributed by atoms with Crippen LogP contribution < -0.4 is 0 Å². The van der Waals surface area contributed by atoms with E-state index in [1.165, 1.54) is 0 Å². The van der Waals surface area contributed by atoms with Gasteiger partial charge in [0.2, 0.25) is 0 Å².